The lowest BCUT2D eigenvalue weighted by Gasteiger charge is -2.05. The van der Waals surface area contributed by atoms with E-state index in [9.17, 15) is 0 Å². The Morgan fingerprint density at radius 3 is 3.00 bits per heavy atom. The fraction of sp³-hybridized carbons (Fsp3) is 0.250. The monoisotopic (exact) mass is 186 g/mol. The maximum absolute atomic E-state index is 5.85. The fourth-order valence-electron chi connectivity index (χ4n) is 1.11. The number of rotatable bonds is 1. The van der Waals surface area contributed by atoms with Gasteiger partial charge in [-0.2, -0.15) is 0 Å². The molecule has 0 fully saturated rings. The molecule has 0 aliphatic carbocycles. The van der Waals surface area contributed by atoms with Crippen LogP contribution in [0.15, 0.2) is 12.1 Å². The van der Waals surface area contributed by atoms with Crippen molar-refractivity contribution in [3.8, 4) is 17.2 Å². The Labute approximate surface area is 74.8 Å². The minimum atomic E-state index is 0.228. The van der Waals surface area contributed by atoms with Gasteiger partial charge < -0.3 is 14.2 Å². The van der Waals surface area contributed by atoms with Crippen LogP contribution in [0.4, 0.5) is 0 Å². The summed E-state index contributed by atoms with van der Waals surface area (Å²) in [5.41, 5.74) is 0. The molecular weight excluding hydrogens is 180 g/mol. The lowest BCUT2D eigenvalue weighted by Crippen LogP contribution is -1.94. The Balaban J connectivity index is 2.57. The molecule has 1 heterocycles. The predicted molar refractivity (Wildman–Crippen MR) is 44.1 cm³/mol. The standard InChI is InChI=1S/C8H7ClO3/c1-10-7-5(9)2-3-6-8(7)12-4-11-6/h2-3H,4H2,1H3. The van der Waals surface area contributed by atoms with E-state index in [1.807, 2.05) is 0 Å². The van der Waals surface area contributed by atoms with Gasteiger partial charge in [-0.25, -0.2) is 0 Å². The van der Waals surface area contributed by atoms with Crippen molar-refractivity contribution in [2.45, 2.75) is 0 Å². The highest BCUT2D eigenvalue weighted by Crippen LogP contribution is 2.44. The predicted octanol–water partition coefficient (Wildman–Crippen LogP) is 2.08. The normalized spacial score (nSPS) is 13.2. The van der Waals surface area contributed by atoms with Crippen LogP contribution in [0.5, 0.6) is 17.2 Å². The molecule has 3 nitrogen and oxygen atoms in total. The first-order valence-electron chi connectivity index (χ1n) is 3.45. The minimum Gasteiger partial charge on any atom is -0.491 e. The van der Waals surface area contributed by atoms with Crippen molar-refractivity contribution in [3.05, 3.63) is 17.2 Å². The first kappa shape index (κ1) is 7.55. The van der Waals surface area contributed by atoms with Gasteiger partial charge in [0.25, 0.3) is 0 Å². The molecule has 0 N–H and O–H groups in total. The number of hydrogen-bond donors (Lipinski definition) is 0. The highest BCUT2D eigenvalue weighted by molar-refractivity contribution is 6.32. The summed E-state index contributed by atoms with van der Waals surface area (Å²) in [4.78, 5) is 0. The number of hydrogen-bond acceptors (Lipinski definition) is 3. The van der Waals surface area contributed by atoms with Crippen molar-refractivity contribution in [1.29, 1.82) is 0 Å². The number of halogens is 1. The van der Waals surface area contributed by atoms with E-state index < -0.39 is 0 Å². The molecule has 0 saturated heterocycles. The summed E-state index contributed by atoms with van der Waals surface area (Å²) in [5, 5.41) is 0.529. The molecule has 1 aromatic rings. The van der Waals surface area contributed by atoms with Crippen LogP contribution in [0.25, 0.3) is 0 Å². The third kappa shape index (κ3) is 0.975. The lowest BCUT2D eigenvalue weighted by molar-refractivity contribution is 0.171. The topological polar surface area (TPSA) is 27.7 Å². The first-order chi connectivity index (χ1) is 5.83. The van der Waals surface area contributed by atoms with Crippen LogP contribution in [0.3, 0.4) is 0 Å². The van der Waals surface area contributed by atoms with Crippen LogP contribution in [-0.2, 0) is 0 Å². The van der Waals surface area contributed by atoms with Gasteiger partial charge in [-0.15, -0.1) is 0 Å². The molecule has 0 radical (unpaired) electrons. The van der Waals surface area contributed by atoms with Gasteiger partial charge in [-0.1, -0.05) is 11.6 Å². The molecule has 0 saturated carbocycles. The van der Waals surface area contributed by atoms with Crippen molar-refractivity contribution < 1.29 is 14.2 Å². The quantitative estimate of drug-likeness (QED) is 0.672. The van der Waals surface area contributed by atoms with Crippen LogP contribution in [0, 0.1) is 0 Å². The molecule has 1 aromatic carbocycles. The van der Waals surface area contributed by atoms with Gasteiger partial charge in [0.05, 0.1) is 12.1 Å². The summed E-state index contributed by atoms with van der Waals surface area (Å²) in [6.07, 6.45) is 0. The summed E-state index contributed by atoms with van der Waals surface area (Å²) < 4.78 is 15.4. The van der Waals surface area contributed by atoms with Crippen molar-refractivity contribution >= 4 is 11.6 Å². The average molecular weight is 187 g/mol. The largest absolute Gasteiger partial charge is 0.491 e. The Morgan fingerprint density at radius 1 is 1.42 bits per heavy atom. The molecule has 1 aliphatic rings. The molecule has 2 rings (SSSR count). The number of methoxy groups -OCH3 is 1. The van der Waals surface area contributed by atoms with E-state index in [1.54, 1.807) is 19.2 Å². The van der Waals surface area contributed by atoms with E-state index in [-0.39, 0.29) is 6.79 Å². The average Bonchev–Trinajstić information content (AvgIpc) is 2.52. The van der Waals surface area contributed by atoms with Gasteiger partial charge in [0.15, 0.2) is 11.5 Å². The molecule has 4 heteroatoms. The molecule has 0 unspecified atom stereocenters. The van der Waals surface area contributed by atoms with Crippen LogP contribution in [0.1, 0.15) is 0 Å². The highest BCUT2D eigenvalue weighted by atomic mass is 35.5. The molecule has 0 spiro atoms. The third-order valence-corrected chi connectivity index (χ3v) is 1.95. The van der Waals surface area contributed by atoms with Crippen molar-refractivity contribution in [2.24, 2.45) is 0 Å². The van der Waals surface area contributed by atoms with Crippen LogP contribution in [-0.4, -0.2) is 13.9 Å². The maximum Gasteiger partial charge on any atom is 0.231 e. The van der Waals surface area contributed by atoms with Crippen LogP contribution in [0.2, 0.25) is 5.02 Å². The first-order valence-corrected chi connectivity index (χ1v) is 3.83. The van der Waals surface area contributed by atoms with E-state index >= 15 is 0 Å². The molecule has 12 heavy (non-hydrogen) atoms. The van der Waals surface area contributed by atoms with Gasteiger partial charge in [0.1, 0.15) is 0 Å². The van der Waals surface area contributed by atoms with E-state index in [2.05, 4.69) is 0 Å². The van der Waals surface area contributed by atoms with Crippen molar-refractivity contribution in [1.82, 2.24) is 0 Å². The highest BCUT2D eigenvalue weighted by Gasteiger charge is 2.20. The zero-order valence-electron chi connectivity index (χ0n) is 6.46. The zero-order valence-corrected chi connectivity index (χ0v) is 7.22. The Morgan fingerprint density at radius 2 is 2.25 bits per heavy atom. The summed E-state index contributed by atoms with van der Waals surface area (Å²) in [5.74, 6) is 1.80. The lowest BCUT2D eigenvalue weighted by atomic mass is 10.3. The maximum atomic E-state index is 5.85. The molecule has 64 valence electrons. The Kier molecular flexibility index (Phi) is 1.73. The van der Waals surface area contributed by atoms with Crippen molar-refractivity contribution in [3.63, 3.8) is 0 Å². The Bertz CT molecular complexity index is 311. The van der Waals surface area contributed by atoms with Gasteiger partial charge in [0.2, 0.25) is 12.5 Å². The van der Waals surface area contributed by atoms with Gasteiger partial charge >= 0.3 is 0 Å². The molecular formula is C8H7ClO3. The number of ether oxygens (including phenoxy) is 3. The van der Waals surface area contributed by atoms with Crippen LogP contribution < -0.4 is 14.2 Å². The van der Waals surface area contributed by atoms with Gasteiger partial charge in [0, 0.05) is 0 Å². The van der Waals surface area contributed by atoms with E-state index in [1.165, 1.54) is 0 Å². The minimum absolute atomic E-state index is 0.228. The van der Waals surface area contributed by atoms with Crippen molar-refractivity contribution in [2.75, 3.05) is 13.9 Å². The van der Waals surface area contributed by atoms with Gasteiger partial charge in [-0.3, -0.25) is 0 Å². The van der Waals surface area contributed by atoms with E-state index in [0.717, 1.165) is 0 Å². The summed E-state index contributed by atoms with van der Waals surface area (Å²) in [6.45, 7) is 0.228. The fourth-order valence-corrected chi connectivity index (χ4v) is 1.34. The number of benzene rings is 1. The second-order valence-electron chi connectivity index (χ2n) is 2.31. The smallest absolute Gasteiger partial charge is 0.231 e. The second kappa shape index (κ2) is 2.75. The summed E-state index contributed by atoms with van der Waals surface area (Å²) >= 11 is 5.85. The molecule has 1 aliphatic heterocycles. The Hall–Kier alpha value is -1.09. The second-order valence-corrected chi connectivity index (χ2v) is 2.72. The molecule has 0 bridgehead atoms. The van der Waals surface area contributed by atoms with Crippen LogP contribution >= 0.6 is 11.6 Å². The van der Waals surface area contributed by atoms with E-state index in [4.69, 9.17) is 25.8 Å². The zero-order chi connectivity index (χ0) is 8.55. The summed E-state index contributed by atoms with van der Waals surface area (Å²) in [6, 6.07) is 3.47. The third-order valence-electron chi connectivity index (χ3n) is 1.65. The molecule has 0 aromatic heterocycles. The van der Waals surface area contributed by atoms with E-state index in [0.29, 0.717) is 22.3 Å². The van der Waals surface area contributed by atoms with Gasteiger partial charge in [-0.05, 0) is 12.1 Å². The molecule has 0 atom stereocenters. The SMILES string of the molecule is COc1c(Cl)ccc2c1OCO2. The number of fused-ring (bicyclic) bond motifs is 1. The summed E-state index contributed by atoms with van der Waals surface area (Å²) in [7, 11) is 1.54. The molecule has 0 amide bonds.